The summed E-state index contributed by atoms with van der Waals surface area (Å²) < 4.78 is 16.6. The molecule has 3 rings (SSSR count). The van der Waals surface area contributed by atoms with Crippen molar-refractivity contribution in [3.8, 4) is 5.75 Å². The van der Waals surface area contributed by atoms with Crippen molar-refractivity contribution in [3.63, 3.8) is 0 Å². The van der Waals surface area contributed by atoms with Gasteiger partial charge in [-0.15, -0.1) is 0 Å². The van der Waals surface area contributed by atoms with Crippen LogP contribution in [-0.2, 0) is 25.6 Å². The van der Waals surface area contributed by atoms with Crippen molar-refractivity contribution in [2.24, 2.45) is 0 Å². The van der Waals surface area contributed by atoms with E-state index < -0.39 is 40.2 Å². The van der Waals surface area contributed by atoms with E-state index in [0.29, 0.717) is 43.5 Å². The number of carbonyl (C=O) groups excluding carboxylic acids is 4. The van der Waals surface area contributed by atoms with E-state index in [1.807, 2.05) is 0 Å². The summed E-state index contributed by atoms with van der Waals surface area (Å²) >= 11 is 0. The van der Waals surface area contributed by atoms with Crippen LogP contribution >= 0.6 is 0 Å². The fourth-order valence-electron chi connectivity index (χ4n) is 4.75. The lowest BCUT2D eigenvalue weighted by molar-refractivity contribution is -0.152. The Labute approximate surface area is 227 Å². The number of fused-ring (bicyclic) bond motifs is 1. The number of ether oxygens (including phenoxy) is 3. The van der Waals surface area contributed by atoms with Gasteiger partial charge < -0.3 is 19.1 Å². The van der Waals surface area contributed by atoms with Crippen molar-refractivity contribution < 1.29 is 33.4 Å². The van der Waals surface area contributed by atoms with Crippen molar-refractivity contribution in [3.05, 3.63) is 28.8 Å². The normalized spacial score (nSPS) is 21.6. The van der Waals surface area contributed by atoms with E-state index in [0.717, 1.165) is 17.7 Å². The molecule has 0 bridgehead atoms. The first-order valence-electron chi connectivity index (χ1n) is 13.3. The van der Waals surface area contributed by atoms with Crippen molar-refractivity contribution >= 4 is 40.3 Å². The van der Waals surface area contributed by atoms with Crippen LogP contribution in [0.25, 0.3) is 0 Å². The van der Waals surface area contributed by atoms with Gasteiger partial charge in [-0.1, -0.05) is 45.3 Å². The lowest BCUT2D eigenvalue weighted by atomic mass is 9.92. The highest BCUT2D eigenvalue weighted by Crippen LogP contribution is 2.36. The number of nitrogens with one attached hydrogen (secondary N) is 1. The van der Waals surface area contributed by atoms with Gasteiger partial charge >= 0.3 is 11.9 Å². The Kier molecular flexibility index (Phi) is 9.59. The molecule has 9 nitrogen and oxygen atoms in total. The molecule has 3 atom stereocenters. The maximum atomic E-state index is 13.6. The predicted octanol–water partition coefficient (Wildman–Crippen LogP) is 3.72. The number of amides is 1. The summed E-state index contributed by atoms with van der Waals surface area (Å²) in [5.74, 6) is -0.914. The van der Waals surface area contributed by atoms with Crippen LogP contribution in [0.4, 0.5) is 0 Å². The van der Waals surface area contributed by atoms with E-state index in [2.05, 4.69) is 44.6 Å². The molecule has 1 N–H and O–H groups in total. The van der Waals surface area contributed by atoms with E-state index in [1.165, 1.54) is 7.11 Å². The second-order valence-corrected chi connectivity index (χ2v) is 23.8. The maximum Gasteiger partial charge on any atom is 0.325 e. The highest BCUT2D eigenvalue weighted by atomic mass is 28.3. The minimum Gasteiger partial charge on any atom is -0.495 e. The first kappa shape index (κ1) is 30.0. The highest BCUT2D eigenvalue weighted by molar-refractivity contribution is 6.76. The van der Waals surface area contributed by atoms with E-state index in [-0.39, 0.29) is 24.2 Å². The molecular weight excluding hydrogens is 520 g/mol. The van der Waals surface area contributed by atoms with E-state index in [4.69, 9.17) is 14.2 Å². The Balaban J connectivity index is 1.80. The number of esters is 2. The number of carbonyl (C=O) groups is 4. The Hall–Kier alpha value is -2.51. The van der Waals surface area contributed by atoms with Gasteiger partial charge in [-0.25, -0.2) is 0 Å². The molecule has 3 unspecified atom stereocenters. The predicted molar refractivity (Wildman–Crippen MR) is 150 cm³/mol. The molecule has 2 aliphatic rings. The van der Waals surface area contributed by atoms with Crippen LogP contribution in [0.1, 0.15) is 39.1 Å². The third-order valence-corrected chi connectivity index (χ3v) is 10.5. The molecular formula is C27H42N2O7Si2. The van der Waals surface area contributed by atoms with Crippen LogP contribution < -0.4 is 10.1 Å². The summed E-state index contributed by atoms with van der Waals surface area (Å²) in [5.41, 5.74) is 1.37. The molecule has 0 aromatic heterocycles. The average Bonchev–Trinajstić information content (AvgIpc) is 3.17. The highest BCUT2D eigenvalue weighted by Gasteiger charge is 2.46. The van der Waals surface area contributed by atoms with Crippen LogP contribution in [-0.4, -0.2) is 83.6 Å². The minimum absolute atomic E-state index is 0.242. The zero-order chi connectivity index (χ0) is 28.3. The molecule has 2 aliphatic heterocycles. The summed E-state index contributed by atoms with van der Waals surface area (Å²) in [6.07, 6.45) is 1.51. The number of aldehydes is 1. The van der Waals surface area contributed by atoms with Gasteiger partial charge in [0, 0.05) is 22.7 Å². The third-order valence-electron chi connectivity index (χ3n) is 7.07. The van der Waals surface area contributed by atoms with Crippen molar-refractivity contribution in [2.75, 3.05) is 20.3 Å². The maximum absolute atomic E-state index is 13.6. The van der Waals surface area contributed by atoms with Gasteiger partial charge in [0.2, 0.25) is 0 Å². The Morgan fingerprint density at radius 3 is 2.16 bits per heavy atom. The third kappa shape index (κ3) is 7.32. The molecule has 0 radical (unpaired) electrons. The van der Waals surface area contributed by atoms with Gasteiger partial charge in [-0.3, -0.25) is 24.5 Å². The number of methoxy groups -OCH3 is 1. The Morgan fingerprint density at radius 2 is 1.61 bits per heavy atom. The molecule has 1 aromatic rings. The summed E-state index contributed by atoms with van der Waals surface area (Å²) in [6, 6.07) is 3.00. The molecule has 0 spiro atoms. The summed E-state index contributed by atoms with van der Waals surface area (Å²) in [7, 11) is -1.36. The smallest absolute Gasteiger partial charge is 0.325 e. The lowest BCUT2D eigenvalue weighted by Crippen LogP contribution is -2.62. The van der Waals surface area contributed by atoms with E-state index >= 15 is 0 Å². The second kappa shape index (κ2) is 12.1. The van der Waals surface area contributed by atoms with E-state index in [1.54, 1.807) is 17.0 Å². The van der Waals surface area contributed by atoms with Crippen LogP contribution in [0, 0.1) is 0 Å². The summed E-state index contributed by atoms with van der Waals surface area (Å²) in [6.45, 7) is 14.2. The number of nitrogens with zero attached hydrogens (tertiary/aromatic N) is 1. The van der Waals surface area contributed by atoms with Gasteiger partial charge in [-0.2, -0.15) is 0 Å². The Bertz CT molecular complexity index is 1060. The molecule has 0 aliphatic carbocycles. The van der Waals surface area contributed by atoms with Gasteiger partial charge in [0.25, 0.3) is 5.91 Å². The number of hydrogen-bond acceptors (Lipinski definition) is 8. The number of benzene rings is 1. The molecule has 1 aromatic carbocycles. The standard InChI is InChI=1S/C27H42N2O7Si2/c1-34-24-19(17-30)9-8-18-16-29(25(31)22(18)24)21-11-10-20(26(32)35-12-14-37(2,3)4)28-23(21)27(33)36-13-15-38(5,6)7/h8-9,17,20-21,23,28H,10-16H2,1-7H3. The van der Waals surface area contributed by atoms with Gasteiger partial charge in [-0.05, 0) is 36.6 Å². The SMILES string of the molecule is COc1c(C=O)ccc2c1C(=O)N(C1CCC(C(=O)OCC[Si](C)(C)C)NC1C(=O)OCC[Si](C)(C)C)C2. The second-order valence-electron chi connectivity index (χ2n) is 12.6. The summed E-state index contributed by atoms with van der Waals surface area (Å²) in [4.78, 5) is 52.9. The Morgan fingerprint density at radius 1 is 1.00 bits per heavy atom. The molecule has 38 heavy (non-hydrogen) atoms. The molecule has 1 amide bonds. The minimum atomic E-state index is -1.43. The fourth-order valence-corrected chi connectivity index (χ4v) is 6.18. The van der Waals surface area contributed by atoms with Gasteiger partial charge in [0.05, 0.1) is 37.5 Å². The van der Waals surface area contributed by atoms with Crippen LogP contribution in [0.5, 0.6) is 5.75 Å². The summed E-state index contributed by atoms with van der Waals surface area (Å²) in [5, 5.41) is 3.17. The van der Waals surface area contributed by atoms with Crippen LogP contribution in [0.15, 0.2) is 12.1 Å². The number of rotatable bonds is 11. The first-order valence-corrected chi connectivity index (χ1v) is 20.7. The molecule has 11 heteroatoms. The zero-order valence-electron chi connectivity index (χ0n) is 23.7. The fraction of sp³-hybridized carbons (Fsp3) is 0.630. The number of hydrogen-bond donors (Lipinski definition) is 1. The molecule has 1 saturated heterocycles. The lowest BCUT2D eigenvalue weighted by Gasteiger charge is -2.39. The van der Waals surface area contributed by atoms with Crippen LogP contribution in [0.3, 0.4) is 0 Å². The zero-order valence-corrected chi connectivity index (χ0v) is 25.7. The molecule has 2 heterocycles. The molecule has 0 saturated carbocycles. The largest absolute Gasteiger partial charge is 0.495 e. The van der Waals surface area contributed by atoms with Gasteiger partial charge in [0.1, 0.15) is 17.8 Å². The topological polar surface area (TPSA) is 111 Å². The molecule has 210 valence electrons. The quantitative estimate of drug-likeness (QED) is 0.247. The monoisotopic (exact) mass is 562 g/mol. The average molecular weight is 563 g/mol. The van der Waals surface area contributed by atoms with E-state index in [9.17, 15) is 19.2 Å². The van der Waals surface area contributed by atoms with Crippen molar-refractivity contribution in [1.29, 1.82) is 0 Å². The van der Waals surface area contributed by atoms with Crippen molar-refractivity contribution in [1.82, 2.24) is 10.2 Å². The first-order chi connectivity index (χ1) is 17.8. The van der Waals surface area contributed by atoms with Crippen LogP contribution in [0.2, 0.25) is 51.4 Å². The number of piperidine rings is 1. The van der Waals surface area contributed by atoms with Gasteiger partial charge in [0.15, 0.2) is 6.29 Å². The molecule has 1 fully saturated rings. The van der Waals surface area contributed by atoms with Crippen molar-refractivity contribution in [2.45, 2.75) is 88.9 Å².